The average molecular weight is 465 g/mol. The minimum absolute atomic E-state index is 0.156. The van der Waals surface area contributed by atoms with Crippen molar-refractivity contribution in [2.24, 2.45) is 0 Å². The maximum atomic E-state index is 12.1. The monoisotopic (exact) mass is 464 g/mol. The van der Waals surface area contributed by atoms with Gasteiger partial charge in [-0.2, -0.15) is 0 Å². The van der Waals surface area contributed by atoms with Gasteiger partial charge in [0.25, 0.3) is 0 Å². The lowest BCUT2D eigenvalue weighted by molar-refractivity contribution is -0.141. The molecule has 1 N–H and O–H groups in total. The molecule has 1 heterocycles. The van der Waals surface area contributed by atoms with Crippen molar-refractivity contribution in [2.75, 3.05) is 19.5 Å². The van der Waals surface area contributed by atoms with Crippen LogP contribution in [0, 0.1) is 0 Å². The first-order chi connectivity index (χ1) is 16.4. The predicted octanol–water partition coefficient (Wildman–Crippen LogP) is 5.27. The first kappa shape index (κ1) is 24.6. The molecule has 3 rings (SSSR count). The van der Waals surface area contributed by atoms with E-state index in [1.54, 1.807) is 76.7 Å². The lowest BCUT2D eigenvalue weighted by atomic mass is 10.2. The fourth-order valence-electron chi connectivity index (χ4n) is 3.16. The third-order valence-corrected chi connectivity index (χ3v) is 4.72. The van der Waals surface area contributed by atoms with E-state index in [0.717, 1.165) is 5.39 Å². The number of hydrogen-bond acceptors (Lipinski definition) is 7. The molecule has 1 aromatic heterocycles. The smallest absolute Gasteiger partial charge is 0.330 e. The lowest BCUT2D eigenvalue weighted by Gasteiger charge is -2.12. The van der Waals surface area contributed by atoms with Crippen LogP contribution in [0.25, 0.3) is 10.9 Å². The van der Waals surface area contributed by atoms with Crippen LogP contribution < -0.4 is 19.5 Å². The first-order valence-corrected chi connectivity index (χ1v) is 10.8. The van der Waals surface area contributed by atoms with E-state index < -0.39 is 5.97 Å². The summed E-state index contributed by atoms with van der Waals surface area (Å²) in [6.07, 6.45) is 5.14. The highest BCUT2D eigenvalue weighted by atomic mass is 16.5. The maximum absolute atomic E-state index is 12.1. The molecule has 0 aliphatic rings. The Morgan fingerprint density at radius 2 is 1.71 bits per heavy atom. The number of esters is 1. The number of rotatable bonds is 10. The largest absolute Gasteiger partial charge is 0.493 e. The molecule has 0 spiro atoms. The third-order valence-electron chi connectivity index (χ3n) is 4.72. The summed E-state index contributed by atoms with van der Waals surface area (Å²) in [4.78, 5) is 28.0. The SMILES string of the molecule is COc1cc2nccc(Oc3ccc(NC(=O)CC/C=C/C(=O)OC(C)C)cc3)c2cc1OC. The molecule has 0 aliphatic carbocycles. The molecule has 0 fully saturated rings. The Morgan fingerprint density at radius 3 is 2.38 bits per heavy atom. The topological polar surface area (TPSA) is 96.0 Å². The number of methoxy groups -OCH3 is 2. The normalized spacial score (nSPS) is 11.0. The summed E-state index contributed by atoms with van der Waals surface area (Å²) in [5.41, 5.74) is 1.36. The van der Waals surface area contributed by atoms with Crippen LogP contribution in [0.3, 0.4) is 0 Å². The minimum atomic E-state index is -0.412. The van der Waals surface area contributed by atoms with Gasteiger partial charge in [0, 0.05) is 35.8 Å². The van der Waals surface area contributed by atoms with Gasteiger partial charge >= 0.3 is 5.97 Å². The van der Waals surface area contributed by atoms with Crippen LogP contribution in [-0.2, 0) is 14.3 Å². The Labute approximate surface area is 198 Å². The summed E-state index contributed by atoms with van der Waals surface area (Å²) in [5.74, 6) is 1.82. The Bertz CT molecular complexity index is 1170. The van der Waals surface area contributed by atoms with E-state index >= 15 is 0 Å². The van der Waals surface area contributed by atoms with Crippen LogP contribution in [0.4, 0.5) is 5.69 Å². The molecule has 8 heteroatoms. The highest BCUT2D eigenvalue weighted by molar-refractivity contribution is 5.91. The molecule has 8 nitrogen and oxygen atoms in total. The molecule has 3 aromatic rings. The van der Waals surface area contributed by atoms with Gasteiger partial charge in [-0.3, -0.25) is 9.78 Å². The average Bonchev–Trinajstić information content (AvgIpc) is 2.82. The summed E-state index contributed by atoms with van der Waals surface area (Å²) < 4.78 is 21.8. The van der Waals surface area contributed by atoms with Crippen molar-refractivity contribution in [3.05, 3.63) is 60.8 Å². The summed E-state index contributed by atoms with van der Waals surface area (Å²) in [7, 11) is 3.15. The van der Waals surface area contributed by atoms with E-state index in [2.05, 4.69) is 10.3 Å². The quantitative estimate of drug-likeness (QED) is 0.322. The lowest BCUT2D eigenvalue weighted by Crippen LogP contribution is -2.11. The fourth-order valence-corrected chi connectivity index (χ4v) is 3.16. The molecule has 1 amide bonds. The molecule has 2 aromatic carbocycles. The van der Waals surface area contributed by atoms with Gasteiger partial charge in [0.1, 0.15) is 11.5 Å². The van der Waals surface area contributed by atoms with E-state index in [-0.39, 0.29) is 18.4 Å². The van der Waals surface area contributed by atoms with E-state index in [1.165, 1.54) is 6.08 Å². The molecule has 0 saturated carbocycles. The van der Waals surface area contributed by atoms with Crippen LogP contribution in [0.5, 0.6) is 23.0 Å². The van der Waals surface area contributed by atoms with Crippen molar-refractivity contribution >= 4 is 28.5 Å². The van der Waals surface area contributed by atoms with E-state index in [1.807, 2.05) is 6.07 Å². The van der Waals surface area contributed by atoms with Gasteiger partial charge in [-0.05, 0) is 56.7 Å². The molecular formula is C26H28N2O6. The molecule has 0 atom stereocenters. The number of amides is 1. The number of pyridine rings is 1. The number of carbonyl (C=O) groups excluding carboxylic acids is 2. The van der Waals surface area contributed by atoms with Crippen LogP contribution in [0.15, 0.2) is 60.8 Å². The van der Waals surface area contributed by atoms with Crippen molar-refractivity contribution in [3.63, 3.8) is 0 Å². The highest BCUT2D eigenvalue weighted by Gasteiger charge is 2.11. The third kappa shape index (κ3) is 6.71. The molecule has 0 bridgehead atoms. The van der Waals surface area contributed by atoms with Crippen molar-refractivity contribution in [2.45, 2.75) is 32.8 Å². The zero-order valence-electron chi connectivity index (χ0n) is 19.7. The van der Waals surface area contributed by atoms with Gasteiger partial charge < -0.3 is 24.3 Å². The second kappa shape index (κ2) is 11.7. The molecule has 0 aliphatic heterocycles. The first-order valence-electron chi connectivity index (χ1n) is 10.8. The zero-order valence-corrected chi connectivity index (χ0v) is 19.7. The number of aromatic nitrogens is 1. The second-order valence-electron chi connectivity index (χ2n) is 7.63. The number of nitrogens with zero attached hydrogens (tertiary/aromatic N) is 1. The number of fused-ring (bicyclic) bond motifs is 1. The molecule has 0 saturated heterocycles. The predicted molar refractivity (Wildman–Crippen MR) is 130 cm³/mol. The van der Waals surface area contributed by atoms with Crippen molar-refractivity contribution in [1.82, 2.24) is 4.98 Å². The Balaban J connectivity index is 1.60. The number of ether oxygens (including phenoxy) is 4. The number of carbonyl (C=O) groups is 2. The maximum Gasteiger partial charge on any atom is 0.330 e. The van der Waals surface area contributed by atoms with Gasteiger partial charge in [-0.15, -0.1) is 0 Å². The van der Waals surface area contributed by atoms with Crippen LogP contribution in [-0.4, -0.2) is 37.2 Å². The van der Waals surface area contributed by atoms with E-state index in [0.29, 0.717) is 40.6 Å². The highest BCUT2D eigenvalue weighted by Crippen LogP contribution is 2.36. The molecule has 0 unspecified atom stereocenters. The van der Waals surface area contributed by atoms with Crippen LogP contribution in [0.2, 0.25) is 0 Å². The Morgan fingerprint density at radius 1 is 1.00 bits per heavy atom. The van der Waals surface area contributed by atoms with Gasteiger partial charge in [0.15, 0.2) is 11.5 Å². The van der Waals surface area contributed by atoms with Gasteiger partial charge in [-0.1, -0.05) is 6.08 Å². The van der Waals surface area contributed by atoms with Crippen LogP contribution >= 0.6 is 0 Å². The fraction of sp³-hybridized carbons (Fsp3) is 0.269. The minimum Gasteiger partial charge on any atom is -0.493 e. The summed E-state index contributed by atoms with van der Waals surface area (Å²) in [5, 5.41) is 3.61. The van der Waals surface area contributed by atoms with Crippen molar-refractivity contribution in [1.29, 1.82) is 0 Å². The number of hydrogen-bond donors (Lipinski definition) is 1. The number of benzene rings is 2. The van der Waals surface area contributed by atoms with Gasteiger partial charge in [0.2, 0.25) is 5.91 Å². The van der Waals surface area contributed by atoms with Gasteiger partial charge in [-0.25, -0.2) is 4.79 Å². The van der Waals surface area contributed by atoms with E-state index in [9.17, 15) is 9.59 Å². The zero-order chi connectivity index (χ0) is 24.5. The second-order valence-corrected chi connectivity index (χ2v) is 7.63. The standard InChI is InChI=1S/C26H28N2O6/c1-17(2)33-26(30)8-6-5-7-25(29)28-18-9-11-19(12-10-18)34-22-13-14-27-21-16-24(32-4)23(31-3)15-20(21)22/h6,8-17H,5,7H2,1-4H3,(H,28,29)/b8-6+. The van der Waals surface area contributed by atoms with Crippen LogP contribution in [0.1, 0.15) is 26.7 Å². The van der Waals surface area contributed by atoms with Crippen molar-refractivity contribution in [3.8, 4) is 23.0 Å². The molecule has 34 heavy (non-hydrogen) atoms. The summed E-state index contributed by atoms with van der Waals surface area (Å²) >= 11 is 0. The number of anilines is 1. The Hall–Kier alpha value is -4.07. The van der Waals surface area contributed by atoms with Crippen molar-refractivity contribution < 1.29 is 28.5 Å². The van der Waals surface area contributed by atoms with E-state index in [4.69, 9.17) is 18.9 Å². The Kier molecular flexibility index (Phi) is 8.45. The summed E-state index contributed by atoms with van der Waals surface area (Å²) in [6, 6.07) is 12.4. The molecular weight excluding hydrogens is 436 g/mol. The molecule has 0 radical (unpaired) electrons. The number of allylic oxidation sites excluding steroid dienone is 1. The molecule has 178 valence electrons. The number of nitrogens with one attached hydrogen (secondary N) is 1. The summed E-state index contributed by atoms with van der Waals surface area (Å²) in [6.45, 7) is 3.56. The van der Waals surface area contributed by atoms with Gasteiger partial charge in [0.05, 0.1) is 25.8 Å².